The summed E-state index contributed by atoms with van der Waals surface area (Å²) in [4.78, 5) is 25.5. The minimum atomic E-state index is -4.56. The Balaban J connectivity index is 1.79. The maximum absolute atomic E-state index is 13.3. The number of aliphatic hydroxyl groups excluding tert-OH is 1. The number of anilines is 1. The summed E-state index contributed by atoms with van der Waals surface area (Å²) in [5, 5.41) is 29.8. The van der Waals surface area contributed by atoms with Crippen molar-refractivity contribution >= 4 is 17.8 Å². The number of aliphatic hydroxyl groups is 1. The highest BCUT2D eigenvalue weighted by Crippen LogP contribution is 2.38. The van der Waals surface area contributed by atoms with E-state index in [1.165, 1.54) is 25.3 Å². The van der Waals surface area contributed by atoms with E-state index in [9.17, 15) is 27.9 Å². The normalized spacial score (nSPS) is 14.3. The molecule has 3 atom stereocenters. The molecule has 40 heavy (non-hydrogen) atoms. The number of unbranched alkanes of at least 4 members (excludes halogenated alkanes) is 1. The number of amides is 2. The number of carbonyl (C=O) groups excluding carboxylic acids is 2. The number of hydrogen-bond acceptors (Lipinski definition) is 8. The monoisotopic (exact) mass is 566 g/mol. The summed E-state index contributed by atoms with van der Waals surface area (Å²) in [6.07, 6.45) is -5.17. The molecule has 0 bridgehead atoms. The standard InChI is InChI=1S/C26H33F3N6O5/c1-6-7-8-17(19(36)21(37)32-18-9-10-30-33-18)31-24(38)39-20(25(3,4)5)23-35-34-22(40-23)15-11-14(2)12-16(13-15)26(27,28)29/h9-13,17,19-20,36H,6-8H2,1-5H3,(H,31,38)(H2,30,32,33,37)/t17-,19+,20-/m0/s1. The Morgan fingerprint density at radius 3 is 2.50 bits per heavy atom. The molecule has 2 amide bonds. The highest BCUT2D eigenvalue weighted by atomic mass is 19.4. The fourth-order valence-corrected chi connectivity index (χ4v) is 3.87. The number of rotatable bonds is 10. The number of alkyl carbamates (subject to hydrolysis) is 1. The Bertz CT molecular complexity index is 1290. The van der Waals surface area contributed by atoms with Crippen LogP contribution < -0.4 is 10.6 Å². The predicted molar refractivity (Wildman–Crippen MR) is 138 cm³/mol. The van der Waals surface area contributed by atoms with Crippen LogP contribution in [0.15, 0.2) is 34.9 Å². The van der Waals surface area contributed by atoms with Gasteiger partial charge in [0, 0.05) is 17.0 Å². The molecule has 4 N–H and O–H groups in total. The lowest BCUT2D eigenvalue weighted by Crippen LogP contribution is -2.49. The number of benzene rings is 1. The number of carbonyl (C=O) groups is 2. The first-order valence-electron chi connectivity index (χ1n) is 12.7. The number of ether oxygens (including phenoxy) is 1. The van der Waals surface area contributed by atoms with Gasteiger partial charge in [0.1, 0.15) is 5.82 Å². The minimum absolute atomic E-state index is 0.0641. The molecule has 0 aliphatic rings. The van der Waals surface area contributed by atoms with Crippen LogP contribution in [0.5, 0.6) is 0 Å². The number of nitrogens with zero attached hydrogens (tertiary/aromatic N) is 3. The molecule has 0 fully saturated rings. The van der Waals surface area contributed by atoms with Crippen molar-refractivity contribution in [3.8, 4) is 11.5 Å². The van der Waals surface area contributed by atoms with E-state index in [0.717, 1.165) is 18.6 Å². The van der Waals surface area contributed by atoms with E-state index in [-0.39, 0.29) is 29.6 Å². The van der Waals surface area contributed by atoms with Crippen molar-refractivity contribution in [2.75, 3.05) is 5.32 Å². The van der Waals surface area contributed by atoms with Crippen LogP contribution in [0.3, 0.4) is 0 Å². The van der Waals surface area contributed by atoms with Crippen molar-refractivity contribution in [3.05, 3.63) is 47.5 Å². The van der Waals surface area contributed by atoms with E-state index in [2.05, 4.69) is 31.0 Å². The van der Waals surface area contributed by atoms with Crippen molar-refractivity contribution in [2.24, 2.45) is 5.41 Å². The van der Waals surface area contributed by atoms with Gasteiger partial charge in [-0.2, -0.15) is 18.3 Å². The summed E-state index contributed by atoms with van der Waals surface area (Å²) in [6, 6.07) is 3.89. The van der Waals surface area contributed by atoms with Gasteiger partial charge in [-0.05, 0) is 37.1 Å². The van der Waals surface area contributed by atoms with Crippen LogP contribution in [0, 0.1) is 12.3 Å². The third-order valence-corrected chi connectivity index (χ3v) is 5.91. The Kier molecular flexibility index (Phi) is 9.56. The third kappa shape index (κ3) is 8.04. The van der Waals surface area contributed by atoms with Crippen LogP contribution in [0.4, 0.5) is 23.8 Å². The quantitative estimate of drug-likeness (QED) is 0.262. The fraction of sp³-hybridized carbons (Fsp3) is 0.500. The Hall–Kier alpha value is -3.94. The number of aryl methyl sites for hydroxylation is 1. The van der Waals surface area contributed by atoms with Crippen molar-refractivity contribution in [3.63, 3.8) is 0 Å². The van der Waals surface area contributed by atoms with Crippen LogP contribution in [0.2, 0.25) is 0 Å². The Labute approximate surface area is 228 Å². The number of alkyl halides is 3. The summed E-state index contributed by atoms with van der Waals surface area (Å²) in [5.74, 6) is -0.780. The number of H-pyrrole nitrogens is 1. The topological polar surface area (TPSA) is 155 Å². The third-order valence-electron chi connectivity index (χ3n) is 5.91. The molecule has 14 heteroatoms. The minimum Gasteiger partial charge on any atom is -0.436 e. The van der Waals surface area contributed by atoms with E-state index in [0.29, 0.717) is 12.0 Å². The molecule has 0 unspecified atom stereocenters. The zero-order valence-corrected chi connectivity index (χ0v) is 22.8. The van der Waals surface area contributed by atoms with Crippen LogP contribution in [0.1, 0.15) is 70.1 Å². The van der Waals surface area contributed by atoms with E-state index < -0.39 is 47.4 Å². The first-order chi connectivity index (χ1) is 18.7. The number of halogens is 3. The number of aromatic nitrogens is 4. The van der Waals surface area contributed by atoms with Gasteiger partial charge in [0.05, 0.1) is 17.8 Å². The molecular weight excluding hydrogens is 533 g/mol. The Morgan fingerprint density at radius 1 is 1.18 bits per heavy atom. The van der Waals surface area contributed by atoms with Crippen molar-refractivity contribution < 1.29 is 37.0 Å². The zero-order chi connectivity index (χ0) is 29.7. The van der Waals surface area contributed by atoms with Gasteiger partial charge < -0.3 is 24.9 Å². The molecule has 2 aromatic heterocycles. The Morgan fingerprint density at radius 2 is 1.90 bits per heavy atom. The molecule has 2 heterocycles. The first kappa shape index (κ1) is 30.6. The average Bonchev–Trinajstić information content (AvgIpc) is 3.55. The van der Waals surface area contributed by atoms with Gasteiger partial charge in [0.2, 0.25) is 5.89 Å². The van der Waals surface area contributed by atoms with Gasteiger partial charge in [0.15, 0.2) is 12.2 Å². The summed E-state index contributed by atoms with van der Waals surface area (Å²) < 4.78 is 51.2. The fourth-order valence-electron chi connectivity index (χ4n) is 3.87. The van der Waals surface area contributed by atoms with Crippen LogP contribution in [0.25, 0.3) is 11.5 Å². The molecule has 0 saturated carbocycles. The van der Waals surface area contributed by atoms with Crippen LogP contribution >= 0.6 is 0 Å². The van der Waals surface area contributed by atoms with E-state index in [1.807, 2.05) is 6.92 Å². The van der Waals surface area contributed by atoms with Crippen molar-refractivity contribution in [1.29, 1.82) is 0 Å². The van der Waals surface area contributed by atoms with Crippen molar-refractivity contribution in [1.82, 2.24) is 25.7 Å². The number of aromatic amines is 1. The highest BCUT2D eigenvalue weighted by molar-refractivity contribution is 5.94. The average molecular weight is 567 g/mol. The molecule has 11 nitrogen and oxygen atoms in total. The van der Waals surface area contributed by atoms with E-state index >= 15 is 0 Å². The summed E-state index contributed by atoms with van der Waals surface area (Å²) in [5.41, 5.74) is -1.23. The van der Waals surface area contributed by atoms with Gasteiger partial charge in [0.25, 0.3) is 11.8 Å². The second-order valence-electron chi connectivity index (χ2n) is 10.5. The number of nitrogens with one attached hydrogen (secondary N) is 3. The smallest absolute Gasteiger partial charge is 0.416 e. The molecule has 0 spiro atoms. The molecule has 0 saturated heterocycles. The molecule has 3 aromatic rings. The molecule has 0 aliphatic carbocycles. The number of hydrogen-bond donors (Lipinski definition) is 4. The maximum Gasteiger partial charge on any atom is 0.416 e. The van der Waals surface area contributed by atoms with Crippen molar-refractivity contribution in [2.45, 2.75) is 78.3 Å². The van der Waals surface area contributed by atoms with Crippen LogP contribution in [-0.2, 0) is 15.7 Å². The molecule has 0 radical (unpaired) electrons. The lowest BCUT2D eigenvalue weighted by atomic mass is 9.89. The lowest BCUT2D eigenvalue weighted by molar-refractivity contribution is -0.137. The second-order valence-corrected chi connectivity index (χ2v) is 10.5. The molecule has 1 aromatic carbocycles. The lowest BCUT2D eigenvalue weighted by Gasteiger charge is -2.29. The summed E-state index contributed by atoms with van der Waals surface area (Å²) in [7, 11) is 0. The maximum atomic E-state index is 13.3. The van der Waals surface area contributed by atoms with Crippen LogP contribution in [-0.4, -0.2) is 49.6 Å². The van der Waals surface area contributed by atoms with Gasteiger partial charge >= 0.3 is 12.3 Å². The predicted octanol–water partition coefficient (Wildman–Crippen LogP) is 5.16. The van der Waals surface area contributed by atoms with Gasteiger partial charge in [-0.1, -0.05) is 40.5 Å². The van der Waals surface area contributed by atoms with Gasteiger partial charge in [-0.15, -0.1) is 10.2 Å². The summed E-state index contributed by atoms with van der Waals surface area (Å²) >= 11 is 0. The first-order valence-corrected chi connectivity index (χ1v) is 12.7. The molecule has 3 rings (SSSR count). The largest absolute Gasteiger partial charge is 0.436 e. The van der Waals surface area contributed by atoms with Gasteiger partial charge in [-0.3, -0.25) is 9.89 Å². The summed E-state index contributed by atoms with van der Waals surface area (Å²) in [6.45, 7) is 8.65. The zero-order valence-electron chi connectivity index (χ0n) is 22.8. The van der Waals surface area contributed by atoms with E-state index in [1.54, 1.807) is 20.8 Å². The molecule has 218 valence electrons. The SMILES string of the molecule is CCCC[C@H](NC(=O)O[C@@H](c1nnc(-c2cc(C)cc(C(F)(F)F)c2)o1)C(C)(C)C)[C@@H](O)C(=O)Nc1ccn[nH]1. The van der Waals surface area contributed by atoms with Gasteiger partial charge in [-0.25, -0.2) is 4.79 Å². The molecule has 0 aliphatic heterocycles. The second kappa shape index (κ2) is 12.5. The highest BCUT2D eigenvalue weighted by Gasteiger charge is 2.37. The molecular formula is C26H33F3N6O5. The van der Waals surface area contributed by atoms with E-state index in [4.69, 9.17) is 9.15 Å².